The third-order valence-electron chi connectivity index (χ3n) is 4.32. The minimum Gasteiger partial charge on any atom is -0.462 e. The number of anilines is 1. The third kappa shape index (κ3) is 4.32. The maximum Gasteiger partial charge on any atom is 0.338 e. The maximum atomic E-state index is 12.9. The fraction of sp³-hybridized carbons (Fsp3) is 0.190. The number of carbonyl (C=O) groups excluding carboxylic acids is 3. The summed E-state index contributed by atoms with van der Waals surface area (Å²) < 4.78 is 5.15. The van der Waals surface area contributed by atoms with Crippen LogP contribution >= 0.6 is 34.8 Å². The number of carbonyl (C=O) groups is 3. The van der Waals surface area contributed by atoms with E-state index in [-0.39, 0.29) is 21.3 Å². The molecular formula is C21H16Cl3NO4. The molecule has 5 nitrogen and oxygen atoms in total. The highest BCUT2D eigenvalue weighted by Gasteiger charge is 2.40. The van der Waals surface area contributed by atoms with E-state index < -0.39 is 17.8 Å². The van der Waals surface area contributed by atoms with Crippen molar-refractivity contribution in [1.82, 2.24) is 0 Å². The monoisotopic (exact) mass is 451 g/mol. The number of halogens is 3. The molecule has 0 aliphatic carbocycles. The number of imide groups is 1. The van der Waals surface area contributed by atoms with Crippen molar-refractivity contribution < 1.29 is 19.1 Å². The Hall–Kier alpha value is -2.34. The van der Waals surface area contributed by atoms with E-state index in [0.29, 0.717) is 22.8 Å². The molecule has 1 aliphatic rings. The van der Waals surface area contributed by atoms with Crippen molar-refractivity contribution in [3.05, 3.63) is 68.7 Å². The average molecular weight is 453 g/mol. The van der Waals surface area contributed by atoms with Gasteiger partial charge in [0.25, 0.3) is 11.8 Å². The van der Waals surface area contributed by atoms with E-state index in [1.807, 2.05) is 6.92 Å². The second kappa shape index (κ2) is 8.99. The molecule has 150 valence electrons. The van der Waals surface area contributed by atoms with Crippen LogP contribution in [0.1, 0.15) is 35.7 Å². The van der Waals surface area contributed by atoms with Crippen LogP contribution in [-0.2, 0) is 14.3 Å². The first kappa shape index (κ1) is 21.4. The summed E-state index contributed by atoms with van der Waals surface area (Å²) >= 11 is 18.2. The Morgan fingerprint density at radius 1 is 1.00 bits per heavy atom. The molecule has 2 aromatic rings. The zero-order valence-electron chi connectivity index (χ0n) is 15.4. The van der Waals surface area contributed by atoms with E-state index in [4.69, 9.17) is 39.5 Å². The lowest BCUT2D eigenvalue weighted by atomic mass is 10.1. The third-order valence-corrected chi connectivity index (χ3v) is 5.22. The highest BCUT2D eigenvalue weighted by molar-refractivity contribution is 6.60. The summed E-state index contributed by atoms with van der Waals surface area (Å²) in [5.74, 6) is -1.74. The van der Waals surface area contributed by atoms with Crippen molar-refractivity contribution in [2.45, 2.75) is 19.8 Å². The van der Waals surface area contributed by atoms with Gasteiger partial charge in [-0.05, 0) is 42.8 Å². The van der Waals surface area contributed by atoms with E-state index in [2.05, 4.69) is 0 Å². The minimum absolute atomic E-state index is 0.00128. The Balaban J connectivity index is 1.85. The predicted octanol–water partition coefficient (Wildman–Crippen LogP) is 5.47. The molecule has 0 fully saturated rings. The van der Waals surface area contributed by atoms with Gasteiger partial charge in [0, 0.05) is 10.6 Å². The van der Waals surface area contributed by atoms with Crippen LogP contribution in [0.3, 0.4) is 0 Å². The van der Waals surface area contributed by atoms with Crippen molar-refractivity contribution in [3.63, 3.8) is 0 Å². The predicted molar refractivity (Wildman–Crippen MR) is 113 cm³/mol. The quantitative estimate of drug-likeness (QED) is 0.331. The van der Waals surface area contributed by atoms with Crippen LogP contribution in [0, 0.1) is 0 Å². The van der Waals surface area contributed by atoms with Crippen LogP contribution in [0.25, 0.3) is 5.57 Å². The van der Waals surface area contributed by atoms with Gasteiger partial charge < -0.3 is 4.74 Å². The number of nitrogens with zero attached hydrogens (tertiary/aromatic N) is 1. The first-order valence-corrected chi connectivity index (χ1v) is 9.99. The summed E-state index contributed by atoms with van der Waals surface area (Å²) in [5, 5.41) is 0.367. The fourth-order valence-electron chi connectivity index (χ4n) is 2.80. The van der Waals surface area contributed by atoms with Gasteiger partial charge in [0.05, 0.1) is 28.5 Å². The van der Waals surface area contributed by atoms with E-state index in [9.17, 15) is 14.4 Å². The van der Waals surface area contributed by atoms with Crippen LogP contribution < -0.4 is 4.90 Å². The molecule has 2 amide bonds. The summed E-state index contributed by atoms with van der Waals surface area (Å²) in [4.78, 5) is 38.5. The number of esters is 1. The lowest BCUT2D eigenvalue weighted by Crippen LogP contribution is -2.31. The summed E-state index contributed by atoms with van der Waals surface area (Å²) in [6.07, 6.45) is 1.69. The standard InChI is InChI=1S/C21H16Cl3NO4/c1-2-3-10-29-21(28)12-4-7-14(8-5-12)25-19(26)17(18(24)20(25)27)15-9-6-13(22)11-16(15)23/h4-9,11H,2-3,10H2,1H3. The number of hydrogen-bond acceptors (Lipinski definition) is 4. The molecule has 2 aromatic carbocycles. The molecule has 0 aromatic heterocycles. The van der Waals surface area contributed by atoms with E-state index >= 15 is 0 Å². The molecule has 0 N–H and O–H groups in total. The first-order chi connectivity index (χ1) is 13.8. The van der Waals surface area contributed by atoms with E-state index in [0.717, 1.165) is 17.7 Å². The Kier molecular flexibility index (Phi) is 6.63. The molecule has 0 unspecified atom stereocenters. The molecule has 29 heavy (non-hydrogen) atoms. The minimum atomic E-state index is -0.670. The average Bonchev–Trinajstić information content (AvgIpc) is 2.91. The summed E-state index contributed by atoms with van der Waals surface area (Å²) in [7, 11) is 0. The van der Waals surface area contributed by atoms with Crippen molar-refractivity contribution in [3.8, 4) is 0 Å². The topological polar surface area (TPSA) is 63.7 Å². The van der Waals surface area contributed by atoms with Crippen molar-refractivity contribution in [2.24, 2.45) is 0 Å². The Morgan fingerprint density at radius 2 is 1.69 bits per heavy atom. The Bertz CT molecular complexity index is 1020. The molecule has 1 aliphatic heterocycles. The van der Waals surface area contributed by atoms with Gasteiger partial charge in [-0.15, -0.1) is 0 Å². The number of amides is 2. The van der Waals surface area contributed by atoms with Gasteiger partial charge in [-0.25, -0.2) is 9.69 Å². The van der Waals surface area contributed by atoms with Crippen molar-refractivity contribution in [2.75, 3.05) is 11.5 Å². The zero-order chi connectivity index (χ0) is 21.1. The molecule has 8 heteroatoms. The molecule has 0 spiro atoms. The summed E-state index contributed by atoms with van der Waals surface area (Å²) in [5.41, 5.74) is 0.923. The van der Waals surface area contributed by atoms with Crippen LogP contribution in [-0.4, -0.2) is 24.4 Å². The second-order valence-corrected chi connectivity index (χ2v) is 7.52. The largest absolute Gasteiger partial charge is 0.462 e. The number of ether oxygens (including phenoxy) is 1. The van der Waals surface area contributed by atoms with E-state index in [1.54, 1.807) is 6.07 Å². The lowest BCUT2D eigenvalue weighted by molar-refractivity contribution is -0.119. The molecule has 1 heterocycles. The van der Waals surface area contributed by atoms with Crippen molar-refractivity contribution in [1.29, 1.82) is 0 Å². The molecule has 0 bridgehead atoms. The smallest absolute Gasteiger partial charge is 0.338 e. The first-order valence-electron chi connectivity index (χ1n) is 8.86. The van der Waals surface area contributed by atoms with Crippen LogP contribution in [0.4, 0.5) is 5.69 Å². The zero-order valence-corrected chi connectivity index (χ0v) is 17.6. The molecule has 0 radical (unpaired) electrons. The van der Waals surface area contributed by atoms with Crippen LogP contribution in [0.2, 0.25) is 10.0 Å². The van der Waals surface area contributed by atoms with Crippen LogP contribution in [0.5, 0.6) is 0 Å². The normalized spacial score (nSPS) is 14.0. The van der Waals surface area contributed by atoms with Gasteiger partial charge >= 0.3 is 5.97 Å². The van der Waals surface area contributed by atoms with E-state index in [1.165, 1.54) is 36.4 Å². The van der Waals surface area contributed by atoms with Crippen LogP contribution in [0.15, 0.2) is 47.5 Å². The lowest BCUT2D eigenvalue weighted by Gasteiger charge is -2.15. The Morgan fingerprint density at radius 3 is 2.31 bits per heavy atom. The van der Waals surface area contributed by atoms with Gasteiger partial charge in [-0.2, -0.15) is 0 Å². The Labute approximate surface area is 182 Å². The fourth-order valence-corrected chi connectivity index (χ4v) is 3.57. The molecular weight excluding hydrogens is 437 g/mol. The molecule has 0 atom stereocenters. The summed E-state index contributed by atoms with van der Waals surface area (Å²) in [6.45, 7) is 2.34. The second-order valence-electron chi connectivity index (χ2n) is 6.30. The van der Waals surface area contributed by atoms with Crippen molar-refractivity contribution >= 4 is 63.8 Å². The van der Waals surface area contributed by atoms with Gasteiger partial charge in [0.1, 0.15) is 5.03 Å². The summed E-state index contributed by atoms with van der Waals surface area (Å²) in [6, 6.07) is 10.5. The van der Waals surface area contributed by atoms with Gasteiger partial charge in [-0.1, -0.05) is 54.2 Å². The number of benzene rings is 2. The highest BCUT2D eigenvalue weighted by atomic mass is 35.5. The van der Waals surface area contributed by atoms with Gasteiger partial charge in [-0.3, -0.25) is 9.59 Å². The SMILES string of the molecule is CCCCOC(=O)c1ccc(N2C(=O)C(Cl)=C(c3ccc(Cl)cc3Cl)C2=O)cc1. The molecule has 3 rings (SSSR count). The highest BCUT2D eigenvalue weighted by Crippen LogP contribution is 2.38. The molecule has 0 saturated heterocycles. The number of hydrogen-bond donors (Lipinski definition) is 0. The van der Waals surface area contributed by atoms with Gasteiger partial charge in [0.2, 0.25) is 0 Å². The maximum absolute atomic E-state index is 12.9. The van der Waals surface area contributed by atoms with Gasteiger partial charge in [0.15, 0.2) is 0 Å². The number of rotatable bonds is 6. The number of unbranched alkanes of at least 4 members (excludes halogenated alkanes) is 1. The molecule has 0 saturated carbocycles.